The summed E-state index contributed by atoms with van der Waals surface area (Å²) in [6.45, 7) is 8.47. The Bertz CT molecular complexity index is 440. The maximum atomic E-state index is 3.75. The molecule has 2 fully saturated rings. The van der Waals surface area contributed by atoms with Crippen molar-refractivity contribution in [3.63, 3.8) is 0 Å². The number of benzene rings is 1. The van der Waals surface area contributed by atoms with Crippen molar-refractivity contribution >= 4 is 0 Å². The van der Waals surface area contributed by atoms with Crippen LogP contribution in [0.15, 0.2) is 30.3 Å². The minimum Gasteiger partial charge on any atom is -0.309 e. The molecular formula is C19H30N2. The minimum absolute atomic E-state index is 0.499. The van der Waals surface area contributed by atoms with E-state index < -0.39 is 0 Å². The van der Waals surface area contributed by atoms with Crippen molar-refractivity contribution in [3.8, 4) is 0 Å². The highest BCUT2D eigenvalue weighted by molar-refractivity contribution is 5.19. The van der Waals surface area contributed by atoms with Crippen LogP contribution in [0.2, 0.25) is 0 Å². The van der Waals surface area contributed by atoms with Crippen LogP contribution >= 0.6 is 0 Å². The third-order valence-electron chi connectivity index (χ3n) is 5.33. The molecule has 2 aliphatic rings. The molecule has 2 nitrogen and oxygen atoms in total. The lowest BCUT2D eigenvalue weighted by atomic mass is 9.74. The average molecular weight is 286 g/mol. The Morgan fingerprint density at radius 3 is 2.71 bits per heavy atom. The molecule has 0 amide bonds. The van der Waals surface area contributed by atoms with Gasteiger partial charge in [-0.25, -0.2) is 0 Å². The topological polar surface area (TPSA) is 15.3 Å². The highest BCUT2D eigenvalue weighted by Crippen LogP contribution is 2.38. The van der Waals surface area contributed by atoms with Gasteiger partial charge in [-0.3, -0.25) is 4.90 Å². The summed E-state index contributed by atoms with van der Waals surface area (Å²) in [7, 11) is 0. The molecule has 2 heteroatoms. The second kappa shape index (κ2) is 6.50. The molecule has 0 bridgehead atoms. The van der Waals surface area contributed by atoms with Crippen molar-refractivity contribution in [2.75, 3.05) is 19.6 Å². The molecule has 2 atom stereocenters. The van der Waals surface area contributed by atoms with E-state index in [-0.39, 0.29) is 0 Å². The molecule has 116 valence electrons. The van der Waals surface area contributed by atoms with Crippen molar-refractivity contribution in [2.24, 2.45) is 5.41 Å². The molecule has 0 radical (unpaired) electrons. The summed E-state index contributed by atoms with van der Waals surface area (Å²) in [5.74, 6) is 0. The lowest BCUT2D eigenvalue weighted by Crippen LogP contribution is -2.43. The average Bonchev–Trinajstić information content (AvgIpc) is 2.73. The Morgan fingerprint density at radius 1 is 1.14 bits per heavy atom. The van der Waals surface area contributed by atoms with Crippen molar-refractivity contribution in [2.45, 2.75) is 58.0 Å². The molecule has 0 spiro atoms. The van der Waals surface area contributed by atoms with Crippen molar-refractivity contribution < 1.29 is 0 Å². The van der Waals surface area contributed by atoms with Gasteiger partial charge in [0.05, 0.1) is 0 Å². The Balaban J connectivity index is 1.70. The molecule has 1 saturated carbocycles. The molecular weight excluding hydrogens is 256 g/mol. The van der Waals surface area contributed by atoms with E-state index in [1.807, 2.05) is 0 Å². The van der Waals surface area contributed by atoms with Gasteiger partial charge < -0.3 is 5.32 Å². The van der Waals surface area contributed by atoms with Gasteiger partial charge in [0.25, 0.3) is 0 Å². The van der Waals surface area contributed by atoms with E-state index >= 15 is 0 Å². The summed E-state index contributed by atoms with van der Waals surface area (Å²) in [6.07, 6.45) is 6.84. The Labute approximate surface area is 129 Å². The minimum atomic E-state index is 0.499. The molecule has 1 aliphatic heterocycles. The molecule has 1 aromatic rings. The predicted molar refractivity (Wildman–Crippen MR) is 89.4 cm³/mol. The lowest BCUT2D eigenvalue weighted by Gasteiger charge is -2.41. The fraction of sp³-hybridized carbons (Fsp3) is 0.684. The fourth-order valence-corrected chi connectivity index (χ4v) is 4.16. The van der Waals surface area contributed by atoms with E-state index in [4.69, 9.17) is 0 Å². The summed E-state index contributed by atoms with van der Waals surface area (Å²) in [5, 5.41) is 3.75. The molecule has 1 heterocycles. The first kappa shape index (κ1) is 15.1. The molecule has 1 N–H and O–H groups in total. The van der Waals surface area contributed by atoms with Crippen LogP contribution in [0, 0.1) is 5.41 Å². The number of rotatable bonds is 2. The smallest absolute Gasteiger partial charge is 0.0449 e. The molecule has 2 unspecified atom stereocenters. The number of hydrogen-bond donors (Lipinski definition) is 1. The van der Waals surface area contributed by atoms with Crippen LogP contribution in [0.3, 0.4) is 0 Å². The van der Waals surface area contributed by atoms with Crippen LogP contribution in [-0.4, -0.2) is 30.6 Å². The Kier molecular flexibility index (Phi) is 4.66. The first-order valence-electron chi connectivity index (χ1n) is 8.66. The van der Waals surface area contributed by atoms with Crippen molar-refractivity contribution in [3.05, 3.63) is 35.9 Å². The molecule has 1 aromatic carbocycles. The maximum Gasteiger partial charge on any atom is 0.0449 e. The summed E-state index contributed by atoms with van der Waals surface area (Å²) < 4.78 is 0. The first-order chi connectivity index (χ1) is 10.1. The van der Waals surface area contributed by atoms with Gasteiger partial charge in [0.2, 0.25) is 0 Å². The van der Waals surface area contributed by atoms with E-state index in [2.05, 4.69) is 54.4 Å². The predicted octanol–water partition coefficient (Wildman–Crippen LogP) is 3.99. The number of nitrogens with zero attached hydrogens (tertiary/aromatic N) is 1. The van der Waals surface area contributed by atoms with Gasteiger partial charge >= 0.3 is 0 Å². The zero-order valence-electron chi connectivity index (χ0n) is 13.6. The molecule has 0 aromatic heterocycles. The summed E-state index contributed by atoms with van der Waals surface area (Å²) in [4.78, 5) is 2.78. The maximum absolute atomic E-state index is 3.75. The molecule has 3 rings (SSSR count). The van der Waals surface area contributed by atoms with Crippen LogP contribution < -0.4 is 5.32 Å². The van der Waals surface area contributed by atoms with Gasteiger partial charge in [-0.2, -0.15) is 0 Å². The Hall–Kier alpha value is -0.860. The van der Waals surface area contributed by atoms with Crippen LogP contribution in [0.1, 0.15) is 57.6 Å². The van der Waals surface area contributed by atoms with Crippen LogP contribution in [0.4, 0.5) is 0 Å². The van der Waals surface area contributed by atoms with E-state index in [0.717, 1.165) is 12.6 Å². The van der Waals surface area contributed by atoms with Crippen molar-refractivity contribution in [1.82, 2.24) is 10.2 Å². The first-order valence-corrected chi connectivity index (χ1v) is 8.66. The standard InChI is InChI=1S/C19H30N2/c1-19(2)11-6-10-17(14-19)21-13-7-12-20-18(15-21)16-8-4-3-5-9-16/h3-5,8-9,17-18,20H,6-7,10-15H2,1-2H3. The molecule has 21 heavy (non-hydrogen) atoms. The van der Waals surface area contributed by atoms with E-state index in [0.29, 0.717) is 11.5 Å². The summed E-state index contributed by atoms with van der Waals surface area (Å²) >= 11 is 0. The Morgan fingerprint density at radius 2 is 1.95 bits per heavy atom. The van der Waals surface area contributed by atoms with Crippen molar-refractivity contribution in [1.29, 1.82) is 0 Å². The van der Waals surface area contributed by atoms with Gasteiger partial charge in [0, 0.05) is 18.6 Å². The van der Waals surface area contributed by atoms with Crippen LogP contribution in [-0.2, 0) is 0 Å². The normalized spacial score (nSPS) is 30.8. The summed E-state index contributed by atoms with van der Waals surface area (Å²) in [6, 6.07) is 12.3. The van der Waals surface area contributed by atoms with E-state index in [1.165, 1.54) is 50.8 Å². The van der Waals surface area contributed by atoms with Gasteiger partial charge in [-0.05, 0) is 49.8 Å². The number of nitrogens with one attached hydrogen (secondary N) is 1. The zero-order valence-corrected chi connectivity index (χ0v) is 13.6. The lowest BCUT2D eigenvalue weighted by molar-refractivity contribution is 0.0929. The zero-order chi connectivity index (χ0) is 14.7. The van der Waals surface area contributed by atoms with E-state index in [1.54, 1.807) is 0 Å². The second-order valence-electron chi connectivity index (χ2n) is 7.68. The monoisotopic (exact) mass is 286 g/mol. The third-order valence-corrected chi connectivity index (χ3v) is 5.33. The summed E-state index contributed by atoms with van der Waals surface area (Å²) in [5.41, 5.74) is 1.98. The SMILES string of the molecule is CC1(C)CCCC(N2CCCNC(c3ccccc3)C2)C1. The van der Waals surface area contributed by atoms with Gasteiger partial charge in [0.1, 0.15) is 0 Å². The number of hydrogen-bond acceptors (Lipinski definition) is 2. The fourth-order valence-electron chi connectivity index (χ4n) is 4.16. The third kappa shape index (κ3) is 3.87. The molecule has 1 aliphatic carbocycles. The molecule has 1 saturated heterocycles. The quantitative estimate of drug-likeness (QED) is 0.884. The van der Waals surface area contributed by atoms with Gasteiger partial charge in [-0.15, -0.1) is 0 Å². The highest BCUT2D eigenvalue weighted by atomic mass is 15.2. The van der Waals surface area contributed by atoms with E-state index in [9.17, 15) is 0 Å². The van der Waals surface area contributed by atoms with Crippen LogP contribution in [0.25, 0.3) is 0 Å². The largest absolute Gasteiger partial charge is 0.309 e. The van der Waals surface area contributed by atoms with Gasteiger partial charge in [0.15, 0.2) is 0 Å². The highest BCUT2D eigenvalue weighted by Gasteiger charge is 2.33. The van der Waals surface area contributed by atoms with Crippen LogP contribution in [0.5, 0.6) is 0 Å². The second-order valence-corrected chi connectivity index (χ2v) is 7.68. The van der Waals surface area contributed by atoms with Gasteiger partial charge in [-0.1, -0.05) is 50.6 Å².